The first-order valence-electron chi connectivity index (χ1n) is 4.15. The molecule has 0 amide bonds. The van der Waals surface area contributed by atoms with Crippen LogP contribution in [0.1, 0.15) is 10.4 Å². The summed E-state index contributed by atoms with van der Waals surface area (Å²) >= 11 is 0. The number of aldehydes is 1. The van der Waals surface area contributed by atoms with Crippen LogP contribution in [0.25, 0.3) is 0 Å². The molecule has 76 valence electrons. The second kappa shape index (κ2) is 5.34. The summed E-state index contributed by atoms with van der Waals surface area (Å²) in [6.45, 7) is 0.574. The normalized spacial score (nSPS) is 9.86. The Bertz CT molecular complexity index is 312. The van der Waals surface area contributed by atoms with E-state index in [1.165, 1.54) is 25.3 Å². The topological polar surface area (TPSA) is 35.5 Å². The van der Waals surface area contributed by atoms with Crippen molar-refractivity contribution in [1.82, 2.24) is 0 Å². The smallest absolute Gasteiger partial charge is 0.165 e. The molecular weight excluding hydrogens is 187 g/mol. The maximum Gasteiger partial charge on any atom is 0.165 e. The van der Waals surface area contributed by atoms with Gasteiger partial charge in [-0.25, -0.2) is 4.39 Å². The molecule has 1 aromatic carbocycles. The molecule has 1 aromatic rings. The lowest BCUT2D eigenvalue weighted by atomic mass is 10.2. The average molecular weight is 198 g/mol. The molecule has 14 heavy (non-hydrogen) atoms. The minimum atomic E-state index is -0.536. The fourth-order valence-corrected chi connectivity index (χ4v) is 0.998. The van der Waals surface area contributed by atoms with Gasteiger partial charge in [0.15, 0.2) is 17.9 Å². The second-order valence-electron chi connectivity index (χ2n) is 2.62. The Kier molecular flexibility index (Phi) is 4.07. The number of para-hydroxylation sites is 1. The predicted octanol–water partition coefficient (Wildman–Crippen LogP) is 1.66. The van der Waals surface area contributed by atoms with E-state index < -0.39 is 5.82 Å². The molecule has 0 N–H and O–H groups in total. The Hall–Kier alpha value is -1.42. The zero-order valence-corrected chi connectivity index (χ0v) is 7.83. The number of rotatable bonds is 5. The average Bonchev–Trinajstić information content (AvgIpc) is 2.20. The van der Waals surface area contributed by atoms with Gasteiger partial charge in [-0.2, -0.15) is 0 Å². The van der Waals surface area contributed by atoms with Gasteiger partial charge in [0, 0.05) is 7.11 Å². The first-order chi connectivity index (χ1) is 6.79. The molecule has 0 unspecified atom stereocenters. The maximum atomic E-state index is 13.1. The Morgan fingerprint density at radius 1 is 1.43 bits per heavy atom. The number of halogens is 1. The van der Waals surface area contributed by atoms with Crippen LogP contribution in [-0.2, 0) is 4.74 Å². The van der Waals surface area contributed by atoms with Gasteiger partial charge in [0.25, 0.3) is 0 Å². The van der Waals surface area contributed by atoms with E-state index in [4.69, 9.17) is 9.47 Å². The molecule has 1 rings (SSSR count). The quantitative estimate of drug-likeness (QED) is 0.533. The summed E-state index contributed by atoms with van der Waals surface area (Å²) in [6.07, 6.45) is 0.561. The van der Waals surface area contributed by atoms with Gasteiger partial charge in [0.05, 0.1) is 12.2 Å². The highest BCUT2D eigenvalue weighted by atomic mass is 19.1. The third-order valence-electron chi connectivity index (χ3n) is 1.66. The summed E-state index contributed by atoms with van der Waals surface area (Å²) in [5, 5.41) is 0. The van der Waals surface area contributed by atoms with Gasteiger partial charge in [0.1, 0.15) is 6.61 Å². The van der Waals surface area contributed by atoms with Crippen molar-refractivity contribution in [2.45, 2.75) is 0 Å². The first kappa shape index (κ1) is 10.7. The minimum Gasteiger partial charge on any atom is -0.487 e. The third-order valence-corrected chi connectivity index (χ3v) is 1.66. The van der Waals surface area contributed by atoms with Crippen molar-refractivity contribution < 1.29 is 18.7 Å². The third kappa shape index (κ3) is 2.53. The van der Waals surface area contributed by atoms with Crippen molar-refractivity contribution in [3.63, 3.8) is 0 Å². The first-order valence-corrected chi connectivity index (χ1v) is 4.15. The van der Waals surface area contributed by atoms with E-state index in [1.54, 1.807) is 0 Å². The molecule has 0 saturated carbocycles. The van der Waals surface area contributed by atoms with Crippen LogP contribution in [0.15, 0.2) is 18.2 Å². The largest absolute Gasteiger partial charge is 0.487 e. The molecule has 0 fully saturated rings. The van der Waals surface area contributed by atoms with E-state index in [2.05, 4.69) is 0 Å². The molecule has 0 atom stereocenters. The number of carbonyl (C=O) groups excluding carboxylic acids is 1. The molecule has 4 heteroatoms. The van der Waals surface area contributed by atoms with Crippen molar-refractivity contribution in [2.75, 3.05) is 20.3 Å². The van der Waals surface area contributed by atoms with Crippen molar-refractivity contribution in [3.05, 3.63) is 29.6 Å². The Balaban J connectivity index is 2.77. The fourth-order valence-electron chi connectivity index (χ4n) is 0.998. The van der Waals surface area contributed by atoms with E-state index in [-0.39, 0.29) is 17.9 Å². The van der Waals surface area contributed by atoms with E-state index in [9.17, 15) is 9.18 Å². The Morgan fingerprint density at radius 3 is 2.86 bits per heavy atom. The standard InChI is InChI=1S/C10H11FO3/c1-13-5-6-14-10-8(7-12)3-2-4-9(10)11/h2-4,7H,5-6H2,1H3. The summed E-state index contributed by atoms with van der Waals surface area (Å²) < 4.78 is 22.9. The van der Waals surface area contributed by atoms with Gasteiger partial charge >= 0.3 is 0 Å². The van der Waals surface area contributed by atoms with E-state index >= 15 is 0 Å². The van der Waals surface area contributed by atoms with Crippen LogP contribution in [0, 0.1) is 5.82 Å². The lowest BCUT2D eigenvalue weighted by Crippen LogP contribution is -2.07. The van der Waals surface area contributed by atoms with Gasteiger partial charge in [-0.1, -0.05) is 6.07 Å². The molecule has 3 nitrogen and oxygen atoms in total. The molecule has 0 heterocycles. The maximum absolute atomic E-state index is 13.1. The molecule has 0 radical (unpaired) electrons. The van der Waals surface area contributed by atoms with E-state index in [1.807, 2.05) is 0 Å². The molecule has 0 aliphatic rings. The van der Waals surface area contributed by atoms with Gasteiger partial charge in [-0.15, -0.1) is 0 Å². The van der Waals surface area contributed by atoms with Gasteiger partial charge in [0.2, 0.25) is 0 Å². The van der Waals surface area contributed by atoms with Crippen LogP contribution in [0.3, 0.4) is 0 Å². The van der Waals surface area contributed by atoms with Crippen LogP contribution in [0.5, 0.6) is 5.75 Å². The summed E-state index contributed by atoms with van der Waals surface area (Å²) in [4.78, 5) is 10.5. The zero-order chi connectivity index (χ0) is 10.4. The Labute approximate surface area is 81.4 Å². The monoisotopic (exact) mass is 198 g/mol. The highest BCUT2D eigenvalue weighted by Crippen LogP contribution is 2.20. The van der Waals surface area contributed by atoms with Crippen molar-refractivity contribution in [2.24, 2.45) is 0 Å². The molecule has 0 saturated heterocycles. The predicted molar refractivity (Wildman–Crippen MR) is 49.2 cm³/mol. The summed E-state index contributed by atoms with van der Waals surface area (Å²) in [6, 6.07) is 4.20. The number of methoxy groups -OCH3 is 1. The molecule has 0 aliphatic carbocycles. The highest BCUT2D eigenvalue weighted by Gasteiger charge is 2.08. The van der Waals surface area contributed by atoms with Crippen LogP contribution in [0.2, 0.25) is 0 Å². The van der Waals surface area contributed by atoms with Crippen LogP contribution in [-0.4, -0.2) is 26.6 Å². The summed E-state index contributed by atoms with van der Waals surface area (Å²) in [5.74, 6) is -0.551. The van der Waals surface area contributed by atoms with Crippen molar-refractivity contribution >= 4 is 6.29 Å². The van der Waals surface area contributed by atoms with Gasteiger partial charge < -0.3 is 9.47 Å². The summed E-state index contributed by atoms with van der Waals surface area (Å²) in [7, 11) is 1.52. The molecule has 0 aromatic heterocycles. The number of benzene rings is 1. The molecule has 0 bridgehead atoms. The fraction of sp³-hybridized carbons (Fsp3) is 0.300. The van der Waals surface area contributed by atoms with Crippen LogP contribution < -0.4 is 4.74 Å². The SMILES string of the molecule is COCCOc1c(F)cccc1C=O. The zero-order valence-electron chi connectivity index (χ0n) is 7.83. The minimum absolute atomic E-state index is 0.0143. The number of carbonyl (C=O) groups is 1. The second-order valence-corrected chi connectivity index (χ2v) is 2.62. The lowest BCUT2D eigenvalue weighted by molar-refractivity contribution is 0.111. The Morgan fingerprint density at radius 2 is 2.21 bits per heavy atom. The highest BCUT2D eigenvalue weighted by molar-refractivity contribution is 5.79. The van der Waals surface area contributed by atoms with Gasteiger partial charge in [-0.05, 0) is 12.1 Å². The van der Waals surface area contributed by atoms with Crippen molar-refractivity contribution in [3.8, 4) is 5.75 Å². The lowest BCUT2D eigenvalue weighted by Gasteiger charge is -2.08. The summed E-state index contributed by atoms with van der Waals surface area (Å²) in [5.41, 5.74) is 0.209. The van der Waals surface area contributed by atoms with E-state index in [0.29, 0.717) is 12.9 Å². The molecular formula is C10H11FO3. The van der Waals surface area contributed by atoms with Crippen LogP contribution >= 0.6 is 0 Å². The molecule has 0 aliphatic heterocycles. The molecule has 0 spiro atoms. The van der Waals surface area contributed by atoms with E-state index in [0.717, 1.165) is 0 Å². The van der Waals surface area contributed by atoms with Crippen molar-refractivity contribution in [1.29, 1.82) is 0 Å². The number of hydrogen-bond donors (Lipinski definition) is 0. The number of hydrogen-bond acceptors (Lipinski definition) is 3. The van der Waals surface area contributed by atoms with Gasteiger partial charge in [-0.3, -0.25) is 4.79 Å². The van der Waals surface area contributed by atoms with Crippen LogP contribution in [0.4, 0.5) is 4.39 Å². The number of ether oxygens (including phenoxy) is 2.